The molecule has 1 aromatic carbocycles. The van der Waals surface area contributed by atoms with Gasteiger partial charge in [-0.15, -0.1) is 6.58 Å². The molecular weight excluding hydrogens is 281 g/mol. The number of likely N-dealkylation sites (tertiary alicyclic amines) is 1. The van der Waals surface area contributed by atoms with Crippen LogP contribution in [0.2, 0.25) is 0 Å². The molecule has 0 aromatic heterocycles. The highest BCUT2D eigenvalue weighted by Gasteiger charge is 2.46. The van der Waals surface area contributed by atoms with Crippen LogP contribution in [0.5, 0.6) is 0 Å². The minimum Gasteiger partial charge on any atom is -0.374 e. The van der Waals surface area contributed by atoms with Crippen LogP contribution in [-0.4, -0.2) is 36.6 Å². The molecule has 1 heterocycles. The van der Waals surface area contributed by atoms with Crippen molar-refractivity contribution in [3.05, 3.63) is 48.3 Å². The Morgan fingerprint density at radius 1 is 1.32 bits per heavy atom. The molecule has 118 valence electrons. The number of amides is 1. The van der Waals surface area contributed by atoms with E-state index in [0.717, 1.165) is 37.9 Å². The summed E-state index contributed by atoms with van der Waals surface area (Å²) in [4.78, 5) is 14.5. The SMILES string of the molecule is C=CCOC1CCN(C(=O)C2CC2c2ccc(F)cc2)CC1. The molecule has 2 fully saturated rings. The zero-order valence-corrected chi connectivity index (χ0v) is 12.7. The fraction of sp³-hybridized carbons (Fsp3) is 0.500. The summed E-state index contributed by atoms with van der Waals surface area (Å²) in [7, 11) is 0. The van der Waals surface area contributed by atoms with Gasteiger partial charge in [-0.25, -0.2) is 4.39 Å². The topological polar surface area (TPSA) is 29.5 Å². The monoisotopic (exact) mass is 303 g/mol. The van der Waals surface area contributed by atoms with E-state index < -0.39 is 0 Å². The quantitative estimate of drug-likeness (QED) is 0.782. The predicted molar refractivity (Wildman–Crippen MR) is 83.0 cm³/mol. The van der Waals surface area contributed by atoms with Crippen LogP contribution in [0.1, 0.15) is 30.7 Å². The summed E-state index contributed by atoms with van der Waals surface area (Å²) in [5, 5.41) is 0. The van der Waals surface area contributed by atoms with E-state index in [9.17, 15) is 9.18 Å². The number of hydrogen-bond donors (Lipinski definition) is 0. The van der Waals surface area contributed by atoms with Gasteiger partial charge in [0.25, 0.3) is 0 Å². The molecule has 2 aliphatic rings. The molecule has 1 saturated carbocycles. The molecule has 0 N–H and O–H groups in total. The van der Waals surface area contributed by atoms with Crippen molar-refractivity contribution in [1.82, 2.24) is 4.90 Å². The fourth-order valence-corrected chi connectivity index (χ4v) is 3.23. The second-order valence-corrected chi connectivity index (χ2v) is 6.15. The van der Waals surface area contributed by atoms with Gasteiger partial charge in [0.1, 0.15) is 5.82 Å². The first-order chi connectivity index (χ1) is 10.7. The number of halogens is 1. The van der Waals surface area contributed by atoms with E-state index in [1.807, 2.05) is 4.90 Å². The lowest BCUT2D eigenvalue weighted by Gasteiger charge is -2.32. The van der Waals surface area contributed by atoms with Crippen molar-refractivity contribution >= 4 is 5.91 Å². The zero-order valence-electron chi connectivity index (χ0n) is 12.7. The lowest BCUT2D eigenvalue weighted by molar-refractivity contribution is -0.135. The second kappa shape index (κ2) is 6.61. The molecule has 1 saturated heterocycles. The van der Waals surface area contributed by atoms with Crippen molar-refractivity contribution in [2.45, 2.75) is 31.3 Å². The van der Waals surface area contributed by atoms with Crippen LogP contribution in [0.3, 0.4) is 0 Å². The predicted octanol–water partition coefficient (Wildman–Crippen LogP) is 3.12. The van der Waals surface area contributed by atoms with E-state index in [-0.39, 0.29) is 29.7 Å². The number of rotatable bonds is 5. The Labute approximate surface area is 130 Å². The van der Waals surface area contributed by atoms with Gasteiger partial charge in [0, 0.05) is 19.0 Å². The average molecular weight is 303 g/mol. The van der Waals surface area contributed by atoms with E-state index in [4.69, 9.17) is 4.74 Å². The summed E-state index contributed by atoms with van der Waals surface area (Å²) in [6, 6.07) is 6.53. The summed E-state index contributed by atoms with van der Waals surface area (Å²) >= 11 is 0. The fourth-order valence-electron chi connectivity index (χ4n) is 3.23. The Morgan fingerprint density at radius 3 is 2.64 bits per heavy atom. The van der Waals surface area contributed by atoms with E-state index in [0.29, 0.717) is 6.61 Å². The molecule has 0 radical (unpaired) electrons. The minimum absolute atomic E-state index is 0.0797. The molecule has 4 heteroatoms. The molecule has 3 rings (SSSR count). The summed E-state index contributed by atoms with van der Waals surface area (Å²) < 4.78 is 18.6. The molecule has 0 spiro atoms. The zero-order chi connectivity index (χ0) is 15.5. The van der Waals surface area contributed by atoms with E-state index in [1.54, 1.807) is 18.2 Å². The van der Waals surface area contributed by atoms with Crippen LogP contribution in [0.4, 0.5) is 4.39 Å². The summed E-state index contributed by atoms with van der Waals surface area (Å²) in [6.45, 7) is 5.77. The van der Waals surface area contributed by atoms with E-state index >= 15 is 0 Å². The highest BCUT2D eigenvalue weighted by molar-refractivity contribution is 5.83. The maximum Gasteiger partial charge on any atom is 0.226 e. The first kappa shape index (κ1) is 15.2. The smallest absolute Gasteiger partial charge is 0.226 e. The van der Waals surface area contributed by atoms with Gasteiger partial charge in [0.05, 0.1) is 12.7 Å². The largest absolute Gasteiger partial charge is 0.374 e. The van der Waals surface area contributed by atoms with Crippen molar-refractivity contribution < 1.29 is 13.9 Å². The summed E-state index contributed by atoms with van der Waals surface area (Å²) in [5.41, 5.74) is 1.07. The Hall–Kier alpha value is -1.68. The van der Waals surface area contributed by atoms with Gasteiger partial charge in [0.2, 0.25) is 5.91 Å². The lowest BCUT2D eigenvalue weighted by Crippen LogP contribution is -2.41. The average Bonchev–Trinajstić information content (AvgIpc) is 3.34. The first-order valence-electron chi connectivity index (χ1n) is 7.96. The van der Waals surface area contributed by atoms with Gasteiger partial charge in [-0.2, -0.15) is 0 Å². The van der Waals surface area contributed by atoms with Crippen molar-refractivity contribution in [2.24, 2.45) is 5.92 Å². The Balaban J connectivity index is 1.49. The van der Waals surface area contributed by atoms with Gasteiger partial charge in [-0.1, -0.05) is 18.2 Å². The summed E-state index contributed by atoms with van der Waals surface area (Å²) in [5.74, 6) is 0.365. The van der Waals surface area contributed by atoms with Crippen LogP contribution in [0.25, 0.3) is 0 Å². The van der Waals surface area contributed by atoms with Crippen LogP contribution in [0, 0.1) is 11.7 Å². The third-order valence-corrected chi connectivity index (χ3v) is 4.61. The standard InChI is InChI=1S/C18H22FNO2/c1-2-11-22-15-7-9-20(10-8-15)18(21)17-12-16(17)13-3-5-14(19)6-4-13/h2-6,15-17H,1,7-12H2. The Morgan fingerprint density at radius 2 is 2.00 bits per heavy atom. The molecule has 3 nitrogen and oxygen atoms in total. The molecule has 1 aliphatic heterocycles. The highest BCUT2D eigenvalue weighted by atomic mass is 19.1. The molecule has 1 amide bonds. The number of ether oxygens (including phenoxy) is 1. The van der Waals surface area contributed by atoms with Crippen LogP contribution in [0.15, 0.2) is 36.9 Å². The molecule has 1 aliphatic carbocycles. The van der Waals surface area contributed by atoms with Crippen molar-refractivity contribution in [3.63, 3.8) is 0 Å². The molecule has 1 aromatic rings. The van der Waals surface area contributed by atoms with Crippen molar-refractivity contribution in [2.75, 3.05) is 19.7 Å². The molecule has 2 unspecified atom stereocenters. The second-order valence-electron chi connectivity index (χ2n) is 6.15. The lowest BCUT2D eigenvalue weighted by atomic mass is 10.1. The number of carbonyl (C=O) groups is 1. The molecule has 2 atom stereocenters. The number of nitrogens with zero attached hydrogens (tertiary/aromatic N) is 1. The van der Waals surface area contributed by atoms with Crippen LogP contribution < -0.4 is 0 Å². The van der Waals surface area contributed by atoms with Gasteiger partial charge < -0.3 is 9.64 Å². The summed E-state index contributed by atoms with van der Waals surface area (Å²) in [6.07, 6.45) is 4.68. The van der Waals surface area contributed by atoms with Crippen LogP contribution in [-0.2, 0) is 9.53 Å². The maximum atomic E-state index is 12.9. The first-order valence-corrected chi connectivity index (χ1v) is 7.96. The molecule has 0 bridgehead atoms. The van der Waals surface area contributed by atoms with Crippen LogP contribution >= 0.6 is 0 Å². The Bertz CT molecular complexity index is 535. The number of benzene rings is 1. The van der Waals surface area contributed by atoms with Gasteiger partial charge in [-0.3, -0.25) is 4.79 Å². The normalized spacial score (nSPS) is 25.0. The molecule has 22 heavy (non-hydrogen) atoms. The number of piperidine rings is 1. The molecular formula is C18H22FNO2. The van der Waals surface area contributed by atoms with Gasteiger partial charge >= 0.3 is 0 Å². The van der Waals surface area contributed by atoms with E-state index in [1.165, 1.54) is 12.1 Å². The third kappa shape index (κ3) is 3.38. The van der Waals surface area contributed by atoms with Crippen molar-refractivity contribution in [1.29, 1.82) is 0 Å². The highest BCUT2D eigenvalue weighted by Crippen LogP contribution is 2.48. The maximum absolute atomic E-state index is 12.9. The minimum atomic E-state index is -0.228. The number of carbonyl (C=O) groups excluding carboxylic acids is 1. The number of hydrogen-bond acceptors (Lipinski definition) is 2. The third-order valence-electron chi connectivity index (χ3n) is 4.61. The Kier molecular flexibility index (Phi) is 4.57. The van der Waals surface area contributed by atoms with E-state index in [2.05, 4.69) is 6.58 Å². The van der Waals surface area contributed by atoms with Gasteiger partial charge in [-0.05, 0) is 42.9 Å². The van der Waals surface area contributed by atoms with Gasteiger partial charge in [0.15, 0.2) is 0 Å². The van der Waals surface area contributed by atoms with Crippen molar-refractivity contribution in [3.8, 4) is 0 Å².